The Bertz CT molecular complexity index is 2040. The molecule has 0 spiro atoms. The van der Waals surface area contributed by atoms with Crippen LogP contribution in [0, 0.1) is 5.92 Å². The summed E-state index contributed by atoms with van der Waals surface area (Å²) >= 11 is 0. The van der Waals surface area contributed by atoms with Gasteiger partial charge < -0.3 is 68.3 Å². The zero-order valence-corrected chi connectivity index (χ0v) is 35.3. The van der Waals surface area contributed by atoms with Crippen LogP contribution in [0.1, 0.15) is 69.5 Å². The highest BCUT2D eigenvalue weighted by Crippen LogP contribution is 2.22. The fourth-order valence-corrected chi connectivity index (χ4v) is 7.73. The lowest BCUT2D eigenvalue weighted by Gasteiger charge is -2.32. The van der Waals surface area contributed by atoms with Crippen molar-refractivity contribution in [3.63, 3.8) is 0 Å². The van der Waals surface area contributed by atoms with E-state index in [1.807, 2.05) is 0 Å². The third-order valence-corrected chi connectivity index (χ3v) is 11.0. The molecule has 14 N–H and O–H groups in total. The molecule has 2 fully saturated rings. The minimum Gasteiger partial charge on any atom is -0.480 e. The Kier molecular flexibility index (Phi) is 16.7. The van der Waals surface area contributed by atoms with Crippen LogP contribution < -0.4 is 38.5 Å². The number of guanidine groups is 1. The number of aromatic nitrogens is 6. The summed E-state index contributed by atoms with van der Waals surface area (Å²) in [7, 11) is 0. The summed E-state index contributed by atoms with van der Waals surface area (Å²) in [6, 6.07) is -7.78. The summed E-state index contributed by atoms with van der Waals surface area (Å²) < 4.78 is 0. The fourth-order valence-electron chi connectivity index (χ4n) is 7.73. The third-order valence-electron chi connectivity index (χ3n) is 11.0. The number of aromatic amines is 3. The van der Waals surface area contributed by atoms with E-state index in [4.69, 9.17) is 17.2 Å². The van der Waals surface area contributed by atoms with Crippen molar-refractivity contribution in [2.45, 2.75) is 114 Å². The van der Waals surface area contributed by atoms with Crippen LogP contribution >= 0.6 is 0 Å². The van der Waals surface area contributed by atoms with Crippen LogP contribution in [0.4, 0.5) is 0 Å². The molecular formula is C39H58N16O8. The second-order valence-corrected chi connectivity index (χ2v) is 16.0. The molecule has 5 heterocycles. The van der Waals surface area contributed by atoms with Crippen molar-refractivity contribution in [1.82, 2.24) is 61.0 Å². The van der Waals surface area contributed by atoms with Crippen LogP contribution in [-0.4, -0.2) is 154 Å². The highest BCUT2D eigenvalue weighted by molar-refractivity contribution is 5.97. The van der Waals surface area contributed by atoms with Gasteiger partial charge in [-0.3, -0.25) is 33.8 Å². The van der Waals surface area contributed by atoms with Crippen molar-refractivity contribution in [2.24, 2.45) is 28.1 Å². The molecular weight excluding hydrogens is 821 g/mol. The van der Waals surface area contributed by atoms with E-state index in [1.165, 1.54) is 41.2 Å². The Morgan fingerprint density at radius 3 is 1.75 bits per heavy atom. The number of rotatable bonds is 22. The number of carbonyl (C=O) groups is 7. The molecule has 5 rings (SSSR count). The molecule has 2 aliphatic rings. The first-order valence-electron chi connectivity index (χ1n) is 20.9. The largest absolute Gasteiger partial charge is 0.480 e. The first kappa shape index (κ1) is 47.2. The van der Waals surface area contributed by atoms with E-state index in [-0.39, 0.29) is 57.6 Å². The van der Waals surface area contributed by atoms with Crippen LogP contribution in [0.25, 0.3) is 0 Å². The quantitative estimate of drug-likeness (QED) is 0.0271. The normalized spacial score (nSPS) is 18.5. The molecule has 24 nitrogen and oxygen atoms in total. The highest BCUT2D eigenvalue weighted by atomic mass is 16.4. The standard InChI is InChI=1S/C39H58N16O8/c1-21(2)31(53-34(58)30-8-4-10-54(30)36(60)25(40)12-22-15-43-18-47-22)35(59)52-28(14-24-17-45-20-49-24)37(61)55-11-5-7-29(55)33(57)51-27(13-23-16-44-19-48-23)32(56)50-26(38(62)63)6-3-9-46-39(41)42/h15-21,25-31H,3-14,40H2,1-2H3,(H,43,47)(H,44,48)(H,45,49)(H,50,56)(H,51,57)(H,52,59)(H,53,58)(H,62,63)(H4,41,42,46)/t25-,26-,27-,28-,29-,30-,31-/m0/s1. The molecule has 63 heavy (non-hydrogen) atoms. The van der Waals surface area contributed by atoms with Crippen LogP contribution in [-0.2, 0) is 52.8 Å². The Morgan fingerprint density at radius 1 is 0.730 bits per heavy atom. The monoisotopic (exact) mass is 878 g/mol. The lowest BCUT2D eigenvalue weighted by atomic mass is 10.0. The predicted molar refractivity (Wildman–Crippen MR) is 224 cm³/mol. The number of aliphatic carboxylic acids is 1. The van der Waals surface area contributed by atoms with E-state index >= 15 is 0 Å². The topological polar surface area (TPSA) is 371 Å². The van der Waals surface area contributed by atoms with Crippen molar-refractivity contribution in [3.8, 4) is 0 Å². The average molecular weight is 879 g/mol. The van der Waals surface area contributed by atoms with Gasteiger partial charge in [0.1, 0.15) is 36.3 Å². The summed E-state index contributed by atoms with van der Waals surface area (Å²) in [4.78, 5) is 123. The maximum absolute atomic E-state index is 14.5. The minimum atomic E-state index is -1.32. The zero-order valence-electron chi connectivity index (χ0n) is 35.3. The van der Waals surface area contributed by atoms with Gasteiger partial charge in [-0.05, 0) is 44.4 Å². The molecule has 2 saturated heterocycles. The number of carboxylic acids is 1. The van der Waals surface area contributed by atoms with Gasteiger partial charge in [0, 0.05) is 74.6 Å². The van der Waals surface area contributed by atoms with Crippen LogP contribution in [0.15, 0.2) is 42.6 Å². The number of hydrogen-bond donors (Lipinski definition) is 11. The van der Waals surface area contributed by atoms with E-state index < -0.39 is 89.6 Å². The lowest BCUT2D eigenvalue weighted by molar-refractivity contribution is -0.144. The summed E-state index contributed by atoms with van der Waals surface area (Å²) in [6.07, 6.45) is 10.7. The van der Waals surface area contributed by atoms with Gasteiger partial charge in [-0.25, -0.2) is 19.7 Å². The van der Waals surface area contributed by atoms with E-state index in [1.54, 1.807) is 20.0 Å². The van der Waals surface area contributed by atoms with E-state index in [0.717, 1.165) is 0 Å². The van der Waals surface area contributed by atoms with Crippen molar-refractivity contribution < 1.29 is 38.7 Å². The maximum atomic E-state index is 14.5. The Balaban J connectivity index is 1.28. The number of aliphatic imine (C=N–C) groups is 1. The van der Waals surface area contributed by atoms with Crippen LogP contribution in [0.5, 0.6) is 0 Å². The second kappa shape index (κ2) is 22.3. The number of likely N-dealkylation sites (tertiary alicyclic amines) is 2. The molecule has 0 unspecified atom stereocenters. The number of nitrogens with one attached hydrogen (secondary N) is 7. The Labute approximate surface area is 362 Å². The number of imidazole rings is 3. The Hall–Kier alpha value is -6.85. The van der Waals surface area contributed by atoms with Gasteiger partial charge >= 0.3 is 5.97 Å². The molecule has 3 aromatic heterocycles. The SMILES string of the molecule is CC(C)[C@H](NC(=O)[C@@H]1CCCN1C(=O)[C@@H](N)Cc1cnc[nH]1)C(=O)N[C@@H](Cc1cnc[nH]1)C(=O)N1CCC[C@H]1C(=O)N[C@@H](Cc1cnc[nH]1)C(=O)N[C@@H](CCCN=C(N)N)C(=O)O. The molecule has 6 amide bonds. The molecule has 0 aromatic carbocycles. The third kappa shape index (κ3) is 13.1. The molecule has 2 aliphatic heterocycles. The zero-order chi connectivity index (χ0) is 45.6. The Morgan fingerprint density at radius 2 is 1.24 bits per heavy atom. The number of amides is 6. The van der Waals surface area contributed by atoms with Gasteiger partial charge in [0.25, 0.3) is 0 Å². The highest BCUT2D eigenvalue weighted by Gasteiger charge is 2.42. The molecule has 0 bridgehead atoms. The van der Waals surface area contributed by atoms with E-state index in [2.05, 4.69) is 56.2 Å². The molecule has 342 valence electrons. The van der Waals surface area contributed by atoms with E-state index in [0.29, 0.717) is 42.9 Å². The van der Waals surface area contributed by atoms with Crippen molar-refractivity contribution >= 4 is 47.4 Å². The van der Waals surface area contributed by atoms with Crippen molar-refractivity contribution in [2.75, 3.05) is 19.6 Å². The number of nitrogens with two attached hydrogens (primary N) is 3. The van der Waals surface area contributed by atoms with Crippen LogP contribution in [0.3, 0.4) is 0 Å². The number of carboxylic acid groups (broad SMARTS) is 1. The van der Waals surface area contributed by atoms with Gasteiger partial charge in [0.05, 0.1) is 25.0 Å². The molecule has 7 atom stereocenters. The van der Waals surface area contributed by atoms with Crippen LogP contribution in [0.2, 0.25) is 0 Å². The summed E-state index contributed by atoms with van der Waals surface area (Å²) in [5, 5.41) is 20.7. The van der Waals surface area contributed by atoms with Crippen molar-refractivity contribution in [1.29, 1.82) is 0 Å². The lowest BCUT2D eigenvalue weighted by Crippen LogP contribution is -2.60. The van der Waals surface area contributed by atoms with Gasteiger partial charge in [-0.15, -0.1) is 0 Å². The van der Waals surface area contributed by atoms with Crippen molar-refractivity contribution in [3.05, 3.63) is 54.7 Å². The van der Waals surface area contributed by atoms with Gasteiger partial charge in [-0.2, -0.15) is 0 Å². The molecule has 0 radical (unpaired) electrons. The summed E-state index contributed by atoms with van der Waals surface area (Å²) in [6.45, 7) is 4.07. The van der Waals surface area contributed by atoms with Gasteiger partial charge in [0.15, 0.2) is 5.96 Å². The predicted octanol–water partition coefficient (Wildman–Crippen LogP) is -3.07. The molecule has 24 heteroatoms. The molecule has 3 aromatic rings. The molecule has 0 saturated carbocycles. The smallest absolute Gasteiger partial charge is 0.326 e. The maximum Gasteiger partial charge on any atom is 0.326 e. The number of hydrogen-bond acceptors (Lipinski definition) is 12. The number of carbonyl (C=O) groups excluding carboxylic acids is 6. The van der Waals surface area contributed by atoms with Gasteiger partial charge in [0.2, 0.25) is 35.4 Å². The van der Waals surface area contributed by atoms with E-state index in [9.17, 15) is 38.7 Å². The molecule has 0 aliphatic carbocycles. The summed E-state index contributed by atoms with van der Waals surface area (Å²) in [5.74, 6) is -5.55. The van der Waals surface area contributed by atoms with Gasteiger partial charge in [-0.1, -0.05) is 13.8 Å². The first-order chi connectivity index (χ1) is 30.1. The number of nitrogens with zero attached hydrogens (tertiary/aromatic N) is 6. The second-order valence-electron chi connectivity index (χ2n) is 16.0. The first-order valence-corrected chi connectivity index (χ1v) is 20.9. The minimum absolute atomic E-state index is 0.00102. The summed E-state index contributed by atoms with van der Waals surface area (Å²) in [5.41, 5.74) is 18.6. The number of H-pyrrole nitrogens is 3. The average Bonchev–Trinajstić information content (AvgIpc) is 4.10. The fraction of sp³-hybridized carbons (Fsp3) is 0.564.